The second kappa shape index (κ2) is 6.67. The van der Waals surface area contributed by atoms with Crippen LogP contribution in [0.2, 0.25) is 0 Å². The summed E-state index contributed by atoms with van der Waals surface area (Å²) in [5, 5.41) is 0. The van der Waals surface area contributed by atoms with Crippen molar-refractivity contribution in [3.8, 4) is 0 Å². The second-order valence-corrected chi connectivity index (χ2v) is 6.57. The predicted molar refractivity (Wildman–Crippen MR) is 85.1 cm³/mol. The molecule has 0 aliphatic rings. The van der Waals surface area contributed by atoms with Gasteiger partial charge in [0.15, 0.2) is 0 Å². The van der Waals surface area contributed by atoms with Crippen molar-refractivity contribution in [2.24, 2.45) is 5.92 Å². The van der Waals surface area contributed by atoms with E-state index in [9.17, 15) is 4.39 Å². The van der Waals surface area contributed by atoms with Crippen LogP contribution in [0, 0.1) is 11.7 Å². The summed E-state index contributed by atoms with van der Waals surface area (Å²) in [4.78, 5) is 0.297. The second-order valence-electron chi connectivity index (χ2n) is 4.73. The Labute approximate surface area is 130 Å². The maximum absolute atomic E-state index is 13.1. The Kier molecular flexibility index (Phi) is 5.17. The molecule has 0 radical (unpaired) electrons. The van der Waals surface area contributed by atoms with Crippen molar-refractivity contribution in [1.29, 1.82) is 0 Å². The summed E-state index contributed by atoms with van der Waals surface area (Å²) >= 11 is 7.18. The van der Waals surface area contributed by atoms with E-state index in [4.69, 9.17) is 0 Å². The van der Waals surface area contributed by atoms with Crippen LogP contribution >= 0.6 is 31.9 Å². The Bertz CT molecular complexity index is 540. The predicted octanol–water partition coefficient (Wildman–Crippen LogP) is 5.90. The molecule has 2 rings (SSSR count). The van der Waals surface area contributed by atoms with E-state index in [0.29, 0.717) is 10.7 Å². The first-order valence-electron chi connectivity index (χ1n) is 6.21. The van der Waals surface area contributed by atoms with Gasteiger partial charge in [-0.25, -0.2) is 4.39 Å². The van der Waals surface area contributed by atoms with Crippen LogP contribution in [0.15, 0.2) is 53.0 Å². The molecular weight excluding hydrogens is 371 g/mol. The molecule has 19 heavy (non-hydrogen) atoms. The summed E-state index contributed by atoms with van der Waals surface area (Å²) in [6, 6.07) is 15.2. The normalized spacial score (nSPS) is 14.1. The van der Waals surface area contributed by atoms with E-state index in [0.717, 1.165) is 16.5 Å². The van der Waals surface area contributed by atoms with Gasteiger partial charge in [0.25, 0.3) is 0 Å². The molecule has 0 heterocycles. The van der Waals surface area contributed by atoms with E-state index in [1.54, 1.807) is 0 Å². The fourth-order valence-corrected chi connectivity index (χ4v) is 3.11. The number of hydrogen-bond donors (Lipinski definition) is 0. The Balaban J connectivity index is 2.10. The van der Waals surface area contributed by atoms with E-state index >= 15 is 0 Å². The van der Waals surface area contributed by atoms with Gasteiger partial charge in [0.05, 0.1) is 0 Å². The average molecular weight is 386 g/mol. The zero-order chi connectivity index (χ0) is 13.8. The van der Waals surface area contributed by atoms with Gasteiger partial charge in [-0.1, -0.05) is 75.2 Å². The van der Waals surface area contributed by atoms with Crippen molar-refractivity contribution in [3.63, 3.8) is 0 Å². The van der Waals surface area contributed by atoms with Crippen LogP contribution in [0.1, 0.15) is 22.9 Å². The quantitative estimate of drug-likeness (QED) is 0.574. The van der Waals surface area contributed by atoms with Crippen molar-refractivity contribution >= 4 is 31.9 Å². The van der Waals surface area contributed by atoms with Gasteiger partial charge in [0.1, 0.15) is 5.82 Å². The monoisotopic (exact) mass is 384 g/mol. The van der Waals surface area contributed by atoms with Gasteiger partial charge < -0.3 is 0 Å². The lowest BCUT2D eigenvalue weighted by Gasteiger charge is -2.19. The number of hydrogen-bond acceptors (Lipinski definition) is 0. The summed E-state index contributed by atoms with van der Waals surface area (Å²) in [6.45, 7) is 2.20. The van der Waals surface area contributed by atoms with Gasteiger partial charge in [-0.2, -0.15) is 0 Å². The molecule has 0 fully saturated rings. The number of benzene rings is 2. The molecule has 2 unspecified atom stereocenters. The van der Waals surface area contributed by atoms with Crippen molar-refractivity contribution in [1.82, 2.24) is 0 Å². The van der Waals surface area contributed by atoms with Crippen molar-refractivity contribution in [2.75, 3.05) is 0 Å². The Morgan fingerprint density at radius 1 is 1.11 bits per heavy atom. The van der Waals surface area contributed by atoms with E-state index in [-0.39, 0.29) is 5.82 Å². The first kappa shape index (κ1) is 14.7. The van der Waals surface area contributed by atoms with E-state index in [2.05, 4.69) is 50.9 Å². The molecule has 3 heteroatoms. The van der Waals surface area contributed by atoms with Gasteiger partial charge in [-0.05, 0) is 35.6 Å². The molecule has 100 valence electrons. The first-order valence-corrected chi connectivity index (χ1v) is 7.91. The average Bonchev–Trinajstić information content (AvgIpc) is 2.42. The summed E-state index contributed by atoms with van der Waals surface area (Å²) in [7, 11) is 0. The zero-order valence-electron chi connectivity index (χ0n) is 10.6. The van der Waals surface area contributed by atoms with Crippen LogP contribution in [0.25, 0.3) is 0 Å². The molecular formula is C16H15Br2F. The summed E-state index contributed by atoms with van der Waals surface area (Å²) in [5.74, 6) is 0.214. The molecule has 0 aromatic heterocycles. The van der Waals surface area contributed by atoms with Crippen LogP contribution in [0.5, 0.6) is 0 Å². The summed E-state index contributed by atoms with van der Waals surface area (Å²) in [5.41, 5.74) is 2.41. The minimum atomic E-state index is -0.207. The largest absolute Gasteiger partial charge is 0.207 e. The highest BCUT2D eigenvalue weighted by molar-refractivity contribution is 9.10. The molecule has 0 saturated carbocycles. The number of alkyl halides is 1. The van der Waals surface area contributed by atoms with E-state index in [1.807, 2.05) is 24.3 Å². The highest BCUT2D eigenvalue weighted by atomic mass is 79.9. The third-order valence-corrected chi connectivity index (χ3v) is 5.34. The van der Waals surface area contributed by atoms with E-state index < -0.39 is 0 Å². The standard InChI is InChI=1S/C16H15Br2F/c1-11(16(18)12-5-3-2-4-6-12)9-13-7-8-14(19)10-15(13)17/h2-8,10-11,16H,9H2,1H3. The number of rotatable bonds is 4. The minimum Gasteiger partial charge on any atom is -0.207 e. The molecule has 2 atom stereocenters. The van der Waals surface area contributed by atoms with Crippen LogP contribution < -0.4 is 0 Å². The molecule has 0 saturated heterocycles. The third-order valence-electron chi connectivity index (χ3n) is 3.17. The molecule has 2 aromatic carbocycles. The molecule has 0 aliphatic heterocycles. The Hall–Kier alpha value is -0.670. The van der Waals surface area contributed by atoms with Crippen LogP contribution in [0.4, 0.5) is 4.39 Å². The Morgan fingerprint density at radius 3 is 2.42 bits per heavy atom. The first-order chi connectivity index (χ1) is 9.08. The maximum atomic E-state index is 13.1. The van der Waals surface area contributed by atoms with Gasteiger partial charge in [0, 0.05) is 9.30 Å². The molecule has 0 spiro atoms. The fourth-order valence-electron chi connectivity index (χ4n) is 2.10. The maximum Gasteiger partial charge on any atom is 0.124 e. The Morgan fingerprint density at radius 2 is 1.79 bits per heavy atom. The third kappa shape index (κ3) is 3.90. The lowest BCUT2D eigenvalue weighted by Crippen LogP contribution is -2.07. The van der Waals surface area contributed by atoms with Crippen molar-refractivity contribution in [2.45, 2.75) is 18.2 Å². The van der Waals surface area contributed by atoms with Gasteiger partial charge in [0.2, 0.25) is 0 Å². The summed E-state index contributed by atoms with van der Waals surface area (Å²) < 4.78 is 13.9. The van der Waals surface area contributed by atoms with Crippen LogP contribution in [0.3, 0.4) is 0 Å². The van der Waals surface area contributed by atoms with E-state index in [1.165, 1.54) is 17.7 Å². The molecule has 0 nitrogen and oxygen atoms in total. The zero-order valence-corrected chi connectivity index (χ0v) is 13.8. The van der Waals surface area contributed by atoms with Crippen LogP contribution in [-0.2, 0) is 6.42 Å². The van der Waals surface area contributed by atoms with Crippen LogP contribution in [-0.4, -0.2) is 0 Å². The smallest absolute Gasteiger partial charge is 0.124 e. The fraction of sp³-hybridized carbons (Fsp3) is 0.250. The highest BCUT2D eigenvalue weighted by Gasteiger charge is 2.17. The molecule has 0 N–H and O–H groups in total. The lowest BCUT2D eigenvalue weighted by molar-refractivity contribution is 0.568. The molecule has 2 aromatic rings. The van der Waals surface area contributed by atoms with Crippen molar-refractivity contribution < 1.29 is 4.39 Å². The number of halogens is 3. The molecule has 0 amide bonds. The van der Waals surface area contributed by atoms with Gasteiger partial charge in [-0.3, -0.25) is 0 Å². The molecule has 0 aliphatic carbocycles. The topological polar surface area (TPSA) is 0 Å². The molecule has 0 bridgehead atoms. The lowest BCUT2D eigenvalue weighted by atomic mass is 9.94. The highest BCUT2D eigenvalue weighted by Crippen LogP contribution is 2.34. The van der Waals surface area contributed by atoms with Gasteiger partial charge >= 0.3 is 0 Å². The summed E-state index contributed by atoms with van der Waals surface area (Å²) in [6.07, 6.45) is 0.895. The SMILES string of the molecule is CC(Cc1ccc(F)cc1Br)C(Br)c1ccccc1. The van der Waals surface area contributed by atoms with Gasteiger partial charge in [-0.15, -0.1) is 0 Å². The van der Waals surface area contributed by atoms with Crippen molar-refractivity contribution in [3.05, 3.63) is 69.9 Å². The minimum absolute atomic E-state index is 0.207.